The maximum atomic E-state index is 11.9. The lowest BCUT2D eigenvalue weighted by Crippen LogP contribution is -2.41. The summed E-state index contributed by atoms with van der Waals surface area (Å²) in [6.45, 7) is 4.23. The summed E-state index contributed by atoms with van der Waals surface area (Å²) >= 11 is 0. The Morgan fingerprint density at radius 1 is 1.28 bits per heavy atom. The van der Waals surface area contributed by atoms with E-state index in [1.54, 1.807) is 7.11 Å². The smallest absolute Gasteiger partial charge is 0.251 e. The molecule has 1 heterocycles. The van der Waals surface area contributed by atoms with Crippen molar-refractivity contribution in [2.75, 3.05) is 46.9 Å². The number of nitrogens with one attached hydrogen (secondary N) is 2. The summed E-state index contributed by atoms with van der Waals surface area (Å²) in [4.78, 5) is 18.5. The van der Waals surface area contributed by atoms with Crippen molar-refractivity contribution in [1.82, 2.24) is 15.5 Å². The molecule has 0 bridgehead atoms. The zero-order chi connectivity index (χ0) is 17.2. The normalized spacial score (nSPS) is 17.1. The van der Waals surface area contributed by atoms with Crippen LogP contribution in [-0.4, -0.2) is 63.7 Å². The molecule has 0 aliphatic carbocycles. The van der Waals surface area contributed by atoms with Gasteiger partial charge in [0, 0.05) is 51.8 Å². The van der Waals surface area contributed by atoms with Crippen molar-refractivity contribution in [2.45, 2.75) is 12.8 Å². The van der Waals surface area contributed by atoms with Gasteiger partial charge in [0.25, 0.3) is 5.91 Å². The number of hydrogen-bond donors (Lipinski definition) is 2. The lowest BCUT2D eigenvalue weighted by Gasteiger charge is -2.21. The van der Waals surface area contributed by atoms with Crippen LogP contribution in [0.15, 0.2) is 35.3 Å². The van der Waals surface area contributed by atoms with Crippen molar-refractivity contribution in [3.05, 3.63) is 35.9 Å². The van der Waals surface area contributed by atoms with Crippen molar-refractivity contribution in [2.24, 2.45) is 10.9 Å². The van der Waals surface area contributed by atoms with Crippen LogP contribution in [0.5, 0.6) is 0 Å². The Balaban J connectivity index is 0.00000312. The van der Waals surface area contributed by atoms with Gasteiger partial charge in [0.2, 0.25) is 0 Å². The first-order valence-electron chi connectivity index (χ1n) is 8.52. The molecular formula is C18H29IN4O2. The first-order chi connectivity index (χ1) is 11.7. The zero-order valence-corrected chi connectivity index (χ0v) is 17.4. The Labute approximate surface area is 167 Å². The minimum atomic E-state index is -0.0260. The van der Waals surface area contributed by atoms with Gasteiger partial charge in [-0.1, -0.05) is 18.2 Å². The van der Waals surface area contributed by atoms with Crippen LogP contribution in [-0.2, 0) is 4.74 Å². The monoisotopic (exact) mass is 460 g/mol. The first-order valence-corrected chi connectivity index (χ1v) is 8.52. The predicted molar refractivity (Wildman–Crippen MR) is 112 cm³/mol. The number of guanidine groups is 1. The molecule has 7 heteroatoms. The molecule has 0 spiro atoms. The van der Waals surface area contributed by atoms with Crippen LogP contribution in [0.2, 0.25) is 0 Å². The fraction of sp³-hybridized carbons (Fsp3) is 0.556. The summed E-state index contributed by atoms with van der Waals surface area (Å²) in [6, 6.07) is 9.28. The third-order valence-corrected chi connectivity index (χ3v) is 4.16. The molecule has 2 rings (SSSR count). The predicted octanol–water partition coefficient (Wildman–Crippen LogP) is 1.97. The molecule has 1 aromatic rings. The standard InChI is InChI=1S/C18H28N4O2.HI/c1-19-18(22-12-9-15(13-22)14-24-2)21-11-6-10-20-17(23)16-7-4-3-5-8-16;/h3-5,7-8,15H,6,9-14H2,1-2H3,(H,19,21)(H,20,23);1H. The van der Waals surface area contributed by atoms with E-state index in [2.05, 4.69) is 20.5 Å². The number of rotatable bonds is 7. The number of ether oxygens (including phenoxy) is 1. The van der Waals surface area contributed by atoms with E-state index < -0.39 is 0 Å². The lowest BCUT2D eigenvalue weighted by molar-refractivity contribution is 0.0953. The van der Waals surface area contributed by atoms with E-state index in [9.17, 15) is 4.79 Å². The van der Waals surface area contributed by atoms with E-state index in [0.29, 0.717) is 18.0 Å². The summed E-state index contributed by atoms with van der Waals surface area (Å²) in [5, 5.41) is 6.31. The molecule has 1 saturated heterocycles. The number of methoxy groups -OCH3 is 1. The number of aliphatic imine (C=N–C) groups is 1. The quantitative estimate of drug-likeness (QED) is 0.283. The highest BCUT2D eigenvalue weighted by molar-refractivity contribution is 14.0. The Bertz CT molecular complexity index is 539. The summed E-state index contributed by atoms with van der Waals surface area (Å²) in [5.41, 5.74) is 0.697. The molecule has 0 saturated carbocycles. The number of likely N-dealkylation sites (tertiary alicyclic amines) is 1. The molecule has 1 atom stereocenters. The lowest BCUT2D eigenvalue weighted by atomic mass is 10.1. The minimum absolute atomic E-state index is 0. The number of benzene rings is 1. The average molecular weight is 460 g/mol. The highest BCUT2D eigenvalue weighted by Crippen LogP contribution is 2.16. The molecule has 0 aromatic heterocycles. The van der Waals surface area contributed by atoms with Gasteiger partial charge < -0.3 is 20.3 Å². The van der Waals surface area contributed by atoms with E-state index in [0.717, 1.165) is 45.0 Å². The van der Waals surface area contributed by atoms with Crippen molar-refractivity contribution >= 4 is 35.8 Å². The SMILES string of the molecule is CN=C(NCCCNC(=O)c1ccccc1)N1CCC(COC)C1.I. The van der Waals surface area contributed by atoms with Gasteiger partial charge in [0.1, 0.15) is 0 Å². The van der Waals surface area contributed by atoms with Gasteiger partial charge in [-0.3, -0.25) is 9.79 Å². The number of carbonyl (C=O) groups excluding carboxylic acids is 1. The highest BCUT2D eigenvalue weighted by Gasteiger charge is 2.24. The summed E-state index contributed by atoms with van der Waals surface area (Å²) in [6.07, 6.45) is 1.99. The van der Waals surface area contributed by atoms with Gasteiger partial charge in [-0.05, 0) is 25.0 Å². The molecule has 1 fully saturated rings. The molecule has 0 radical (unpaired) electrons. The molecular weight excluding hydrogens is 431 g/mol. The second kappa shape index (κ2) is 12.1. The fourth-order valence-electron chi connectivity index (χ4n) is 2.91. The third-order valence-electron chi connectivity index (χ3n) is 4.16. The Morgan fingerprint density at radius 3 is 2.68 bits per heavy atom. The Morgan fingerprint density at radius 2 is 2.00 bits per heavy atom. The number of halogens is 1. The van der Waals surface area contributed by atoms with Crippen LogP contribution in [0.25, 0.3) is 0 Å². The van der Waals surface area contributed by atoms with Crippen molar-refractivity contribution in [1.29, 1.82) is 0 Å². The first kappa shape index (κ1) is 21.7. The molecule has 1 aliphatic rings. The summed E-state index contributed by atoms with van der Waals surface area (Å²) in [5.74, 6) is 1.49. The average Bonchev–Trinajstić information content (AvgIpc) is 3.07. The number of hydrogen-bond acceptors (Lipinski definition) is 3. The van der Waals surface area contributed by atoms with Crippen molar-refractivity contribution in [3.8, 4) is 0 Å². The summed E-state index contributed by atoms with van der Waals surface area (Å²) < 4.78 is 5.23. The topological polar surface area (TPSA) is 66.0 Å². The van der Waals surface area contributed by atoms with Crippen LogP contribution < -0.4 is 10.6 Å². The van der Waals surface area contributed by atoms with E-state index in [4.69, 9.17) is 4.74 Å². The second-order valence-electron chi connectivity index (χ2n) is 6.01. The van der Waals surface area contributed by atoms with Crippen LogP contribution in [0, 0.1) is 5.92 Å². The Kier molecular flexibility index (Phi) is 10.5. The zero-order valence-electron chi connectivity index (χ0n) is 15.0. The molecule has 2 N–H and O–H groups in total. The molecule has 1 unspecified atom stereocenters. The third kappa shape index (κ3) is 7.19. The van der Waals surface area contributed by atoms with E-state index >= 15 is 0 Å². The van der Waals surface area contributed by atoms with Crippen LogP contribution in [0.4, 0.5) is 0 Å². The molecule has 25 heavy (non-hydrogen) atoms. The number of amides is 1. The van der Waals surface area contributed by atoms with E-state index in [1.807, 2.05) is 37.4 Å². The van der Waals surface area contributed by atoms with Crippen LogP contribution >= 0.6 is 24.0 Å². The maximum absolute atomic E-state index is 11.9. The maximum Gasteiger partial charge on any atom is 0.251 e. The van der Waals surface area contributed by atoms with Gasteiger partial charge >= 0.3 is 0 Å². The van der Waals surface area contributed by atoms with Crippen molar-refractivity contribution < 1.29 is 9.53 Å². The van der Waals surface area contributed by atoms with Gasteiger partial charge in [-0.25, -0.2) is 0 Å². The van der Waals surface area contributed by atoms with Crippen molar-refractivity contribution in [3.63, 3.8) is 0 Å². The Hall–Kier alpha value is -1.35. The molecule has 1 amide bonds. The van der Waals surface area contributed by atoms with E-state index in [1.165, 1.54) is 0 Å². The highest BCUT2D eigenvalue weighted by atomic mass is 127. The largest absolute Gasteiger partial charge is 0.384 e. The number of carbonyl (C=O) groups is 1. The molecule has 1 aliphatic heterocycles. The van der Waals surface area contributed by atoms with Gasteiger partial charge in [0.05, 0.1) is 6.61 Å². The van der Waals surface area contributed by atoms with E-state index in [-0.39, 0.29) is 29.9 Å². The van der Waals surface area contributed by atoms with Gasteiger partial charge in [-0.15, -0.1) is 24.0 Å². The van der Waals surface area contributed by atoms with Gasteiger partial charge in [0.15, 0.2) is 5.96 Å². The molecule has 140 valence electrons. The minimum Gasteiger partial charge on any atom is -0.384 e. The van der Waals surface area contributed by atoms with Gasteiger partial charge in [-0.2, -0.15) is 0 Å². The van der Waals surface area contributed by atoms with Crippen LogP contribution in [0.3, 0.4) is 0 Å². The summed E-state index contributed by atoms with van der Waals surface area (Å²) in [7, 11) is 3.56. The fourth-order valence-corrected chi connectivity index (χ4v) is 2.91. The molecule has 6 nitrogen and oxygen atoms in total. The molecule has 1 aromatic carbocycles. The number of nitrogens with zero attached hydrogens (tertiary/aromatic N) is 2. The van der Waals surface area contributed by atoms with Crippen LogP contribution in [0.1, 0.15) is 23.2 Å². The second-order valence-corrected chi connectivity index (χ2v) is 6.01.